The lowest BCUT2D eigenvalue weighted by molar-refractivity contribution is -0.125. The lowest BCUT2D eigenvalue weighted by Crippen LogP contribution is -2.32. The number of rotatable bonds is 5. The maximum Gasteiger partial charge on any atom is 0.223 e. The number of nitrogens with one attached hydrogen (secondary N) is 1. The average molecular weight is 275 g/mol. The second-order valence-electron chi connectivity index (χ2n) is 6.06. The summed E-state index contributed by atoms with van der Waals surface area (Å²) in [6.07, 6.45) is 3.66. The van der Waals surface area contributed by atoms with Crippen molar-refractivity contribution in [3.8, 4) is 0 Å². The molecule has 1 aromatic rings. The Kier molecular flexibility index (Phi) is 5.18. The third kappa shape index (κ3) is 3.83. The van der Waals surface area contributed by atoms with Crippen molar-refractivity contribution in [1.29, 1.82) is 0 Å². The maximum atomic E-state index is 11.9. The van der Waals surface area contributed by atoms with E-state index in [0.29, 0.717) is 12.5 Å². The van der Waals surface area contributed by atoms with Crippen LogP contribution in [0.1, 0.15) is 62.7 Å². The molecule has 0 saturated heterocycles. The number of amides is 1. The SMILES string of the molecule is CC(C)c1ccc(C(O)CNC(=O)C2CCCC2)cc1. The molecule has 0 aliphatic heterocycles. The van der Waals surface area contributed by atoms with Crippen LogP contribution in [-0.2, 0) is 4.79 Å². The first-order valence-electron chi connectivity index (χ1n) is 7.63. The molecule has 1 saturated carbocycles. The summed E-state index contributed by atoms with van der Waals surface area (Å²) in [5.74, 6) is 0.745. The minimum absolute atomic E-state index is 0.0975. The molecule has 2 N–H and O–H groups in total. The third-order valence-electron chi connectivity index (χ3n) is 4.18. The van der Waals surface area contributed by atoms with Crippen molar-refractivity contribution in [3.05, 3.63) is 35.4 Å². The van der Waals surface area contributed by atoms with Crippen LogP contribution < -0.4 is 5.32 Å². The van der Waals surface area contributed by atoms with Crippen LogP contribution >= 0.6 is 0 Å². The van der Waals surface area contributed by atoms with Crippen LogP contribution in [0, 0.1) is 5.92 Å². The Labute approximate surface area is 121 Å². The van der Waals surface area contributed by atoms with Crippen LogP contribution in [-0.4, -0.2) is 17.6 Å². The highest BCUT2D eigenvalue weighted by atomic mass is 16.3. The Hall–Kier alpha value is -1.35. The molecule has 110 valence electrons. The number of aliphatic hydroxyl groups is 1. The molecule has 2 rings (SSSR count). The summed E-state index contributed by atoms with van der Waals surface area (Å²) in [7, 11) is 0. The minimum atomic E-state index is -0.624. The normalized spacial score (nSPS) is 17.4. The first-order chi connectivity index (χ1) is 9.58. The molecule has 0 heterocycles. The predicted molar refractivity (Wildman–Crippen MR) is 80.5 cm³/mol. The van der Waals surface area contributed by atoms with Gasteiger partial charge in [-0.25, -0.2) is 0 Å². The predicted octanol–water partition coefficient (Wildman–Crippen LogP) is 3.15. The third-order valence-corrected chi connectivity index (χ3v) is 4.18. The van der Waals surface area contributed by atoms with E-state index in [0.717, 1.165) is 31.2 Å². The van der Waals surface area contributed by atoms with Gasteiger partial charge >= 0.3 is 0 Å². The van der Waals surface area contributed by atoms with E-state index in [1.165, 1.54) is 5.56 Å². The van der Waals surface area contributed by atoms with Gasteiger partial charge in [-0.05, 0) is 29.9 Å². The molecule has 3 nitrogen and oxygen atoms in total. The zero-order valence-electron chi connectivity index (χ0n) is 12.4. The lowest BCUT2D eigenvalue weighted by atomic mass is 10.00. The molecule has 1 aromatic carbocycles. The number of hydrogen-bond acceptors (Lipinski definition) is 2. The lowest BCUT2D eigenvalue weighted by Gasteiger charge is -2.15. The van der Waals surface area contributed by atoms with Crippen molar-refractivity contribution in [2.75, 3.05) is 6.54 Å². The summed E-state index contributed by atoms with van der Waals surface area (Å²) in [5, 5.41) is 13.0. The molecule has 1 aliphatic carbocycles. The van der Waals surface area contributed by atoms with Crippen LogP contribution in [0.5, 0.6) is 0 Å². The van der Waals surface area contributed by atoms with E-state index in [4.69, 9.17) is 0 Å². The monoisotopic (exact) mass is 275 g/mol. The highest BCUT2D eigenvalue weighted by molar-refractivity contribution is 5.78. The van der Waals surface area contributed by atoms with Gasteiger partial charge in [-0.3, -0.25) is 4.79 Å². The van der Waals surface area contributed by atoms with Crippen LogP contribution in [0.25, 0.3) is 0 Å². The molecule has 1 aliphatic rings. The smallest absolute Gasteiger partial charge is 0.223 e. The zero-order chi connectivity index (χ0) is 14.5. The molecule has 1 fully saturated rings. The van der Waals surface area contributed by atoms with Crippen molar-refractivity contribution < 1.29 is 9.90 Å². The Balaban J connectivity index is 1.84. The van der Waals surface area contributed by atoms with Crippen molar-refractivity contribution >= 4 is 5.91 Å². The fourth-order valence-corrected chi connectivity index (χ4v) is 2.75. The van der Waals surface area contributed by atoms with E-state index in [1.807, 2.05) is 24.3 Å². The van der Waals surface area contributed by atoms with Crippen molar-refractivity contribution in [3.63, 3.8) is 0 Å². The zero-order valence-corrected chi connectivity index (χ0v) is 12.4. The van der Waals surface area contributed by atoms with Crippen molar-refractivity contribution in [2.45, 2.75) is 51.6 Å². The van der Waals surface area contributed by atoms with E-state index < -0.39 is 6.10 Å². The number of carbonyl (C=O) groups is 1. The maximum absolute atomic E-state index is 11.9. The topological polar surface area (TPSA) is 49.3 Å². The van der Waals surface area contributed by atoms with Crippen LogP contribution in [0.15, 0.2) is 24.3 Å². The summed E-state index contributed by atoms with van der Waals surface area (Å²) in [6, 6.07) is 7.98. The van der Waals surface area contributed by atoms with Crippen molar-refractivity contribution in [1.82, 2.24) is 5.32 Å². The van der Waals surface area contributed by atoms with Gasteiger partial charge in [0, 0.05) is 12.5 Å². The fraction of sp³-hybridized carbons (Fsp3) is 0.588. The number of aliphatic hydroxyl groups excluding tert-OH is 1. The van der Waals surface area contributed by atoms with Crippen LogP contribution in [0.3, 0.4) is 0 Å². The molecule has 1 unspecified atom stereocenters. The second kappa shape index (κ2) is 6.89. The summed E-state index contributed by atoms with van der Waals surface area (Å²) in [5.41, 5.74) is 2.12. The molecule has 3 heteroatoms. The van der Waals surface area contributed by atoms with E-state index >= 15 is 0 Å². The highest BCUT2D eigenvalue weighted by Crippen LogP contribution is 2.25. The number of hydrogen-bond donors (Lipinski definition) is 2. The van der Waals surface area contributed by atoms with Gasteiger partial charge in [0.25, 0.3) is 0 Å². The van der Waals surface area contributed by atoms with E-state index in [9.17, 15) is 9.90 Å². The minimum Gasteiger partial charge on any atom is -0.387 e. The summed E-state index contributed by atoms with van der Waals surface area (Å²) in [4.78, 5) is 11.9. The quantitative estimate of drug-likeness (QED) is 0.867. The fourth-order valence-electron chi connectivity index (χ4n) is 2.75. The average Bonchev–Trinajstić information content (AvgIpc) is 2.98. The van der Waals surface area contributed by atoms with E-state index in [1.54, 1.807) is 0 Å². The first-order valence-corrected chi connectivity index (χ1v) is 7.63. The van der Waals surface area contributed by atoms with Gasteiger partial charge in [0.2, 0.25) is 5.91 Å². The largest absolute Gasteiger partial charge is 0.387 e. The standard InChI is InChI=1S/C17H25NO2/c1-12(2)13-7-9-14(10-8-13)16(19)11-18-17(20)15-5-3-4-6-15/h7-10,12,15-16,19H,3-6,11H2,1-2H3,(H,18,20). The Morgan fingerprint density at radius 2 is 1.75 bits per heavy atom. The van der Waals surface area contributed by atoms with Gasteiger partial charge in [-0.15, -0.1) is 0 Å². The number of benzene rings is 1. The first kappa shape index (κ1) is 15.0. The molecule has 0 bridgehead atoms. The molecular formula is C17H25NO2. The Morgan fingerprint density at radius 1 is 1.20 bits per heavy atom. The number of carbonyl (C=O) groups excluding carboxylic acids is 1. The van der Waals surface area contributed by atoms with Gasteiger partial charge in [0.1, 0.15) is 0 Å². The van der Waals surface area contributed by atoms with Gasteiger partial charge in [-0.1, -0.05) is 51.0 Å². The van der Waals surface area contributed by atoms with Gasteiger partial charge in [-0.2, -0.15) is 0 Å². The van der Waals surface area contributed by atoms with Gasteiger partial charge in [0.05, 0.1) is 6.10 Å². The molecule has 20 heavy (non-hydrogen) atoms. The second-order valence-corrected chi connectivity index (χ2v) is 6.06. The molecular weight excluding hydrogens is 250 g/mol. The van der Waals surface area contributed by atoms with Crippen molar-refractivity contribution in [2.24, 2.45) is 5.92 Å². The Bertz CT molecular complexity index is 433. The molecule has 0 aromatic heterocycles. The molecule has 1 amide bonds. The van der Waals surface area contributed by atoms with E-state index in [2.05, 4.69) is 19.2 Å². The molecule has 1 atom stereocenters. The summed E-state index contributed by atoms with van der Waals surface area (Å²) < 4.78 is 0. The van der Waals surface area contributed by atoms with Crippen LogP contribution in [0.4, 0.5) is 0 Å². The van der Waals surface area contributed by atoms with E-state index in [-0.39, 0.29) is 11.8 Å². The Morgan fingerprint density at radius 3 is 2.30 bits per heavy atom. The van der Waals surface area contributed by atoms with Crippen LogP contribution in [0.2, 0.25) is 0 Å². The van der Waals surface area contributed by atoms with Gasteiger partial charge < -0.3 is 10.4 Å². The summed E-state index contributed by atoms with van der Waals surface area (Å²) >= 11 is 0. The highest BCUT2D eigenvalue weighted by Gasteiger charge is 2.22. The van der Waals surface area contributed by atoms with Gasteiger partial charge in [0.15, 0.2) is 0 Å². The summed E-state index contributed by atoms with van der Waals surface area (Å²) in [6.45, 7) is 4.59. The molecule has 0 spiro atoms. The molecule has 0 radical (unpaired) electrons.